The van der Waals surface area contributed by atoms with Gasteiger partial charge in [-0.15, -0.1) is 18.2 Å². The molecule has 3 nitrogen and oxygen atoms in total. The lowest BCUT2D eigenvalue weighted by molar-refractivity contribution is 0.0997. The summed E-state index contributed by atoms with van der Waals surface area (Å²) in [7, 11) is 0. The molecule has 2 aromatic carbocycles. The fourth-order valence-electron chi connectivity index (χ4n) is 2.26. The first kappa shape index (κ1) is 15.6. The van der Waals surface area contributed by atoms with Crippen LogP contribution in [0.3, 0.4) is 0 Å². The summed E-state index contributed by atoms with van der Waals surface area (Å²) in [5.41, 5.74) is 1.58. The van der Waals surface area contributed by atoms with Crippen LogP contribution in [0.15, 0.2) is 58.4 Å². The summed E-state index contributed by atoms with van der Waals surface area (Å²) in [5.74, 6) is 2.38. The van der Waals surface area contributed by atoms with E-state index >= 15 is 0 Å². The zero-order valence-corrected chi connectivity index (χ0v) is 14.2. The van der Waals surface area contributed by atoms with Crippen molar-refractivity contribution in [1.29, 1.82) is 0 Å². The monoisotopic (exact) mass is 338 g/mol. The Morgan fingerprint density at radius 3 is 2.91 bits per heavy atom. The molecule has 0 fully saturated rings. The SMILES string of the molecule is C#CCn1c(=NC(=O)c2cccc(SC)c2)sc2ccccc21. The molecule has 0 bridgehead atoms. The Morgan fingerprint density at radius 2 is 2.13 bits per heavy atom. The lowest BCUT2D eigenvalue weighted by atomic mass is 10.2. The standard InChI is InChI=1S/C18H14N2OS2/c1-3-11-20-15-9-4-5-10-16(15)23-18(20)19-17(21)13-7-6-8-14(12-13)22-2/h1,4-10,12H,11H2,2H3. The zero-order chi connectivity index (χ0) is 16.2. The van der Waals surface area contributed by atoms with E-state index < -0.39 is 0 Å². The van der Waals surface area contributed by atoms with Gasteiger partial charge in [0, 0.05) is 10.5 Å². The molecular formula is C18H14N2OS2. The lowest BCUT2D eigenvalue weighted by Gasteiger charge is -2.00. The Kier molecular flexibility index (Phi) is 4.65. The minimum absolute atomic E-state index is 0.252. The molecule has 0 unspecified atom stereocenters. The fraction of sp³-hybridized carbons (Fsp3) is 0.111. The lowest BCUT2D eigenvalue weighted by Crippen LogP contribution is -2.16. The smallest absolute Gasteiger partial charge is 0.279 e. The fourth-order valence-corrected chi connectivity index (χ4v) is 3.74. The van der Waals surface area contributed by atoms with E-state index in [0.717, 1.165) is 15.1 Å². The van der Waals surface area contributed by atoms with Crippen molar-refractivity contribution < 1.29 is 4.79 Å². The number of hydrogen-bond donors (Lipinski definition) is 0. The van der Waals surface area contributed by atoms with Gasteiger partial charge in [-0.05, 0) is 36.6 Å². The van der Waals surface area contributed by atoms with E-state index in [4.69, 9.17) is 6.42 Å². The number of rotatable bonds is 3. The maximum Gasteiger partial charge on any atom is 0.279 e. The Hall–Kier alpha value is -2.29. The Balaban J connectivity index is 2.11. The molecule has 0 aliphatic carbocycles. The number of carbonyl (C=O) groups excluding carboxylic acids is 1. The number of nitrogens with zero attached hydrogens (tertiary/aromatic N) is 2. The number of terminal acetylenes is 1. The number of thioether (sulfide) groups is 1. The molecule has 1 aromatic heterocycles. The topological polar surface area (TPSA) is 34.4 Å². The van der Waals surface area contributed by atoms with E-state index in [1.807, 2.05) is 53.3 Å². The zero-order valence-electron chi connectivity index (χ0n) is 12.5. The third kappa shape index (κ3) is 3.24. The predicted octanol–water partition coefficient (Wildman–Crippen LogP) is 3.80. The highest BCUT2D eigenvalue weighted by molar-refractivity contribution is 7.98. The summed E-state index contributed by atoms with van der Waals surface area (Å²) in [5, 5.41) is 0. The molecule has 0 radical (unpaired) electrons. The Bertz CT molecular complexity index is 976. The molecule has 0 saturated carbocycles. The summed E-state index contributed by atoms with van der Waals surface area (Å²) in [6.07, 6.45) is 7.44. The molecule has 0 spiro atoms. The number of thiazole rings is 1. The molecule has 23 heavy (non-hydrogen) atoms. The van der Waals surface area contributed by atoms with Crippen molar-refractivity contribution in [3.8, 4) is 12.3 Å². The van der Waals surface area contributed by atoms with Crippen LogP contribution < -0.4 is 4.80 Å². The minimum atomic E-state index is -0.252. The van der Waals surface area contributed by atoms with Gasteiger partial charge < -0.3 is 4.57 Å². The third-order valence-electron chi connectivity index (χ3n) is 3.35. The molecule has 3 aromatic rings. The minimum Gasteiger partial charge on any atom is -0.305 e. The molecule has 1 amide bonds. The maximum absolute atomic E-state index is 12.5. The second-order valence-corrected chi connectivity index (χ2v) is 6.68. The van der Waals surface area contributed by atoms with Crippen LogP contribution in [-0.2, 0) is 6.54 Å². The molecular weight excluding hydrogens is 324 g/mol. The number of aromatic nitrogens is 1. The molecule has 114 valence electrons. The van der Waals surface area contributed by atoms with Gasteiger partial charge in [-0.1, -0.05) is 35.5 Å². The molecule has 0 atom stereocenters. The highest BCUT2D eigenvalue weighted by Gasteiger charge is 2.08. The third-order valence-corrected chi connectivity index (χ3v) is 5.14. The van der Waals surface area contributed by atoms with Crippen molar-refractivity contribution in [1.82, 2.24) is 4.57 Å². The second-order valence-electron chi connectivity index (χ2n) is 4.79. The average Bonchev–Trinajstić information content (AvgIpc) is 2.93. The van der Waals surface area contributed by atoms with E-state index in [0.29, 0.717) is 16.9 Å². The van der Waals surface area contributed by atoms with E-state index in [1.54, 1.807) is 17.8 Å². The van der Waals surface area contributed by atoms with Crippen LogP contribution in [-0.4, -0.2) is 16.7 Å². The number of amides is 1. The van der Waals surface area contributed by atoms with Crippen molar-refractivity contribution in [3.63, 3.8) is 0 Å². The largest absolute Gasteiger partial charge is 0.305 e. The highest BCUT2D eigenvalue weighted by atomic mass is 32.2. The highest BCUT2D eigenvalue weighted by Crippen LogP contribution is 2.18. The van der Waals surface area contributed by atoms with Crippen molar-refractivity contribution in [3.05, 3.63) is 58.9 Å². The molecule has 0 aliphatic heterocycles. The summed E-state index contributed by atoms with van der Waals surface area (Å²) < 4.78 is 2.96. The number of benzene rings is 2. The van der Waals surface area contributed by atoms with Crippen molar-refractivity contribution >= 4 is 39.2 Å². The number of para-hydroxylation sites is 1. The molecule has 0 aliphatic rings. The maximum atomic E-state index is 12.5. The van der Waals surface area contributed by atoms with Crippen LogP contribution in [0, 0.1) is 12.3 Å². The van der Waals surface area contributed by atoms with Crippen LogP contribution >= 0.6 is 23.1 Å². The van der Waals surface area contributed by atoms with Crippen molar-refractivity contribution in [2.75, 3.05) is 6.26 Å². The van der Waals surface area contributed by atoms with E-state index in [-0.39, 0.29) is 5.91 Å². The van der Waals surface area contributed by atoms with Crippen LogP contribution in [0.4, 0.5) is 0 Å². The van der Waals surface area contributed by atoms with Gasteiger partial charge in [0.2, 0.25) is 0 Å². The molecule has 5 heteroatoms. The first-order valence-corrected chi connectivity index (χ1v) is 9.02. The normalized spacial score (nSPS) is 11.6. The number of fused-ring (bicyclic) bond motifs is 1. The Morgan fingerprint density at radius 1 is 1.30 bits per heavy atom. The first-order valence-electron chi connectivity index (χ1n) is 6.98. The van der Waals surface area contributed by atoms with E-state index in [2.05, 4.69) is 10.9 Å². The van der Waals surface area contributed by atoms with Crippen LogP contribution in [0.5, 0.6) is 0 Å². The van der Waals surface area contributed by atoms with Gasteiger partial charge in [0.1, 0.15) is 0 Å². The summed E-state index contributed by atoms with van der Waals surface area (Å²) in [6, 6.07) is 15.4. The van der Waals surface area contributed by atoms with Gasteiger partial charge in [-0.2, -0.15) is 4.99 Å². The van der Waals surface area contributed by atoms with Gasteiger partial charge in [-0.25, -0.2) is 0 Å². The summed E-state index contributed by atoms with van der Waals surface area (Å²) >= 11 is 3.07. The van der Waals surface area contributed by atoms with E-state index in [9.17, 15) is 4.79 Å². The quantitative estimate of drug-likeness (QED) is 0.538. The van der Waals surface area contributed by atoms with Crippen molar-refractivity contribution in [2.45, 2.75) is 11.4 Å². The summed E-state index contributed by atoms with van der Waals surface area (Å²) in [6.45, 7) is 0.390. The van der Waals surface area contributed by atoms with Gasteiger partial charge in [0.15, 0.2) is 4.80 Å². The van der Waals surface area contributed by atoms with E-state index in [1.165, 1.54) is 11.3 Å². The predicted molar refractivity (Wildman–Crippen MR) is 96.8 cm³/mol. The average molecular weight is 338 g/mol. The first-order chi connectivity index (χ1) is 11.2. The molecule has 1 heterocycles. The number of carbonyl (C=O) groups is 1. The summed E-state index contributed by atoms with van der Waals surface area (Å²) in [4.78, 5) is 18.4. The second kappa shape index (κ2) is 6.86. The molecule has 0 saturated heterocycles. The van der Waals surface area contributed by atoms with Crippen LogP contribution in [0.25, 0.3) is 10.2 Å². The van der Waals surface area contributed by atoms with Gasteiger partial charge in [0.25, 0.3) is 5.91 Å². The molecule has 0 N–H and O–H groups in total. The van der Waals surface area contributed by atoms with Gasteiger partial charge >= 0.3 is 0 Å². The van der Waals surface area contributed by atoms with Crippen LogP contribution in [0.2, 0.25) is 0 Å². The number of hydrogen-bond acceptors (Lipinski definition) is 3. The van der Waals surface area contributed by atoms with Gasteiger partial charge in [0.05, 0.1) is 16.8 Å². The Labute approximate surface area is 142 Å². The van der Waals surface area contributed by atoms with Crippen LogP contribution in [0.1, 0.15) is 10.4 Å². The molecule has 3 rings (SSSR count). The van der Waals surface area contributed by atoms with Crippen molar-refractivity contribution in [2.24, 2.45) is 4.99 Å². The van der Waals surface area contributed by atoms with Gasteiger partial charge in [-0.3, -0.25) is 4.79 Å².